The summed E-state index contributed by atoms with van der Waals surface area (Å²) in [6, 6.07) is 4.05. The molecule has 1 aromatic rings. The van der Waals surface area contributed by atoms with Crippen molar-refractivity contribution in [3.63, 3.8) is 0 Å². The Bertz CT molecular complexity index is 743. The number of anilines is 1. The van der Waals surface area contributed by atoms with Crippen LogP contribution in [0.3, 0.4) is 0 Å². The number of rotatable bonds is 8. The molecule has 0 bridgehead atoms. The molecule has 1 aliphatic heterocycles. The number of benzene rings is 1. The third-order valence-corrected chi connectivity index (χ3v) is 6.43. The number of carbonyl (C=O) groups is 1. The van der Waals surface area contributed by atoms with Crippen molar-refractivity contribution in [1.29, 1.82) is 0 Å². The lowest BCUT2D eigenvalue weighted by Gasteiger charge is -2.27. The molecule has 1 atom stereocenters. The van der Waals surface area contributed by atoms with Crippen LogP contribution < -0.4 is 15.8 Å². The number of nitrogens with zero attached hydrogens (tertiary/aromatic N) is 1. The van der Waals surface area contributed by atoms with Gasteiger partial charge in [-0.3, -0.25) is 4.79 Å². The monoisotopic (exact) mass is 397 g/mol. The van der Waals surface area contributed by atoms with Gasteiger partial charge < -0.3 is 15.8 Å². The molecule has 0 aliphatic carbocycles. The second kappa shape index (κ2) is 9.52. The van der Waals surface area contributed by atoms with E-state index in [2.05, 4.69) is 5.32 Å². The second-order valence-corrected chi connectivity index (χ2v) is 9.19. The zero-order chi connectivity index (χ0) is 20.0. The lowest BCUT2D eigenvalue weighted by molar-refractivity contribution is -0.117. The van der Waals surface area contributed by atoms with Crippen molar-refractivity contribution >= 4 is 21.6 Å². The molecule has 8 heteroatoms. The molecule has 0 radical (unpaired) electrons. The summed E-state index contributed by atoms with van der Waals surface area (Å²) in [5.41, 5.74) is 6.32. The van der Waals surface area contributed by atoms with Gasteiger partial charge in [0, 0.05) is 18.8 Å². The van der Waals surface area contributed by atoms with Gasteiger partial charge in [0.1, 0.15) is 10.6 Å². The highest BCUT2D eigenvalue weighted by molar-refractivity contribution is 7.89. The Kier molecular flexibility index (Phi) is 7.64. The Balaban J connectivity index is 2.29. The predicted octanol–water partition coefficient (Wildman–Crippen LogP) is 2.57. The summed E-state index contributed by atoms with van der Waals surface area (Å²) in [7, 11) is -3.69. The number of hydrogen-bond donors (Lipinski definition) is 2. The maximum absolute atomic E-state index is 13.1. The van der Waals surface area contributed by atoms with Crippen molar-refractivity contribution in [3.05, 3.63) is 18.2 Å². The fourth-order valence-electron chi connectivity index (χ4n) is 3.16. The molecule has 1 amide bonds. The fraction of sp³-hybridized carbons (Fsp3) is 0.632. The third-order valence-electron chi connectivity index (χ3n) is 4.51. The SMILES string of the molecule is CCOc1ccc(NC(=O)[C@@H](N)CC(C)C)cc1S(=O)(=O)N1CCCCC1. The maximum Gasteiger partial charge on any atom is 0.246 e. The van der Waals surface area contributed by atoms with Crippen LogP contribution >= 0.6 is 0 Å². The summed E-state index contributed by atoms with van der Waals surface area (Å²) in [4.78, 5) is 12.4. The molecule has 7 nitrogen and oxygen atoms in total. The molecule has 1 aliphatic rings. The number of nitrogens with two attached hydrogens (primary N) is 1. The van der Waals surface area contributed by atoms with E-state index >= 15 is 0 Å². The quantitative estimate of drug-likeness (QED) is 0.702. The Hall–Kier alpha value is -1.64. The fourth-order valence-corrected chi connectivity index (χ4v) is 4.83. The lowest BCUT2D eigenvalue weighted by atomic mass is 10.0. The number of nitrogens with one attached hydrogen (secondary N) is 1. The van der Waals surface area contributed by atoms with Crippen LogP contribution in [-0.2, 0) is 14.8 Å². The van der Waals surface area contributed by atoms with Crippen molar-refractivity contribution in [2.24, 2.45) is 11.7 Å². The zero-order valence-electron chi connectivity index (χ0n) is 16.4. The predicted molar refractivity (Wildman–Crippen MR) is 106 cm³/mol. The summed E-state index contributed by atoms with van der Waals surface area (Å²) in [5, 5.41) is 2.73. The number of carbonyl (C=O) groups excluding carboxylic acids is 1. The van der Waals surface area contributed by atoms with Crippen LogP contribution in [0.1, 0.15) is 46.5 Å². The van der Waals surface area contributed by atoms with E-state index in [4.69, 9.17) is 10.5 Å². The first-order valence-corrected chi connectivity index (χ1v) is 11.0. The van der Waals surface area contributed by atoms with Crippen LogP contribution in [-0.4, -0.2) is 44.4 Å². The van der Waals surface area contributed by atoms with Crippen LogP contribution in [0.5, 0.6) is 5.75 Å². The van der Waals surface area contributed by atoms with Gasteiger partial charge >= 0.3 is 0 Å². The molecule has 3 N–H and O–H groups in total. The smallest absolute Gasteiger partial charge is 0.246 e. The number of sulfonamides is 1. The van der Waals surface area contributed by atoms with E-state index in [1.54, 1.807) is 19.1 Å². The van der Waals surface area contributed by atoms with Crippen LogP contribution in [0.25, 0.3) is 0 Å². The first kappa shape index (κ1) is 21.7. The van der Waals surface area contributed by atoms with Gasteiger partial charge in [0.2, 0.25) is 15.9 Å². The average molecular weight is 398 g/mol. The average Bonchev–Trinajstić information content (AvgIpc) is 2.63. The molecular weight excluding hydrogens is 366 g/mol. The largest absolute Gasteiger partial charge is 0.492 e. The topological polar surface area (TPSA) is 102 Å². The Labute approximate surface area is 162 Å². The van der Waals surface area contributed by atoms with Crippen molar-refractivity contribution < 1.29 is 17.9 Å². The first-order chi connectivity index (χ1) is 12.8. The van der Waals surface area contributed by atoms with Gasteiger partial charge in [-0.25, -0.2) is 8.42 Å². The van der Waals surface area contributed by atoms with Gasteiger partial charge in [-0.15, -0.1) is 0 Å². The summed E-state index contributed by atoms with van der Waals surface area (Å²) < 4.78 is 33.2. The second-order valence-electron chi connectivity index (χ2n) is 7.28. The highest BCUT2D eigenvalue weighted by Gasteiger charge is 2.29. The van der Waals surface area contributed by atoms with E-state index in [1.165, 1.54) is 10.4 Å². The Morgan fingerprint density at radius 1 is 1.26 bits per heavy atom. The summed E-state index contributed by atoms with van der Waals surface area (Å²) in [5.74, 6) is 0.267. The highest BCUT2D eigenvalue weighted by atomic mass is 32.2. The first-order valence-electron chi connectivity index (χ1n) is 9.59. The molecule has 2 rings (SSSR count). The standard InChI is InChI=1S/C19H31N3O4S/c1-4-26-17-9-8-15(21-19(23)16(20)12-14(2)3)13-18(17)27(24,25)22-10-6-5-7-11-22/h8-9,13-14,16H,4-7,10-12,20H2,1-3H3,(H,21,23)/t16-/m0/s1. The molecule has 1 heterocycles. The number of piperidine rings is 1. The Morgan fingerprint density at radius 2 is 1.93 bits per heavy atom. The molecule has 0 unspecified atom stereocenters. The molecule has 1 fully saturated rings. The van der Waals surface area contributed by atoms with E-state index in [1.807, 2.05) is 13.8 Å². The molecule has 1 aromatic carbocycles. The van der Waals surface area contributed by atoms with E-state index in [0.29, 0.717) is 43.5 Å². The summed E-state index contributed by atoms with van der Waals surface area (Å²) in [6.07, 6.45) is 3.29. The lowest BCUT2D eigenvalue weighted by Crippen LogP contribution is -2.37. The molecule has 0 spiro atoms. The molecule has 0 saturated carbocycles. The van der Waals surface area contributed by atoms with Gasteiger partial charge in [0.25, 0.3) is 0 Å². The minimum Gasteiger partial charge on any atom is -0.492 e. The molecule has 152 valence electrons. The number of hydrogen-bond acceptors (Lipinski definition) is 5. The highest BCUT2D eigenvalue weighted by Crippen LogP contribution is 2.31. The van der Waals surface area contributed by atoms with Crippen molar-refractivity contribution in [3.8, 4) is 5.75 Å². The van der Waals surface area contributed by atoms with E-state index < -0.39 is 16.1 Å². The summed E-state index contributed by atoms with van der Waals surface area (Å²) in [6.45, 7) is 7.15. The third kappa shape index (κ3) is 5.67. The molecule has 1 saturated heterocycles. The Morgan fingerprint density at radius 3 is 2.52 bits per heavy atom. The van der Waals surface area contributed by atoms with Crippen LogP contribution in [0.4, 0.5) is 5.69 Å². The zero-order valence-corrected chi connectivity index (χ0v) is 17.2. The van der Waals surface area contributed by atoms with Crippen molar-refractivity contribution in [2.75, 3.05) is 25.0 Å². The van der Waals surface area contributed by atoms with Crippen LogP contribution in [0.2, 0.25) is 0 Å². The minimum absolute atomic E-state index is 0.0847. The van der Waals surface area contributed by atoms with E-state index in [0.717, 1.165) is 19.3 Å². The maximum atomic E-state index is 13.1. The number of amides is 1. The number of ether oxygens (including phenoxy) is 1. The van der Waals surface area contributed by atoms with Gasteiger partial charge in [0.05, 0.1) is 12.6 Å². The molecular formula is C19H31N3O4S. The van der Waals surface area contributed by atoms with Crippen LogP contribution in [0.15, 0.2) is 23.1 Å². The van der Waals surface area contributed by atoms with Gasteiger partial charge in [-0.1, -0.05) is 20.3 Å². The van der Waals surface area contributed by atoms with Crippen molar-refractivity contribution in [2.45, 2.75) is 57.4 Å². The summed E-state index contributed by atoms with van der Waals surface area (Å²) >= 11 is 0. The normalized spacial score (nSPS) is 16.9. The van der Waals surface area contributed by atoms with Crippen molar-refractivity contribution in [1.82, 2.24) is 4.31 Å². The van der Waals surface area contributed by atoms with Crippen LogP contribution in [0, 0.1) is 5.92 Å². The van der Waals surface area contributed by atoms with E-state index in [-0.39, 0.29) is 10.8 Å². The molecule has 0 aromatic heterocycles. The van der Waals surface area contributed by atoms with Gasteiger partial charge in [0.15, 0.2) is 0 Å². The minimum atomic E-state index is -3.69. The van der Waals surface area contributed by atoms with E-state index in [9.17, 15) is 13.2 Å². The molecule has 27 heavy (non-hydrogen) atoms. The van der Waals surface area contributed by atoms with Gasteiger partial charge in [-0.05, 0) is 50.3 Å². The van der Waals surface area contributed by atoms with Gasteiger partial charge in [-0.2, -0.15) is 4.31 Å².